The summed E-state index contributed by atoms with van der Waals surface area (Å²) in [5, 5.41) is 0. The Labute approximate surface area is 137 Å². The maximum Gasteiger partial charge on any atom is 0.311 e. The van der Waals surface area contributed by atoms with Gasteiger partial charge in [-0.2, -0.15) is 0 Å². The first-order valence-electron chi connectivity index (χ1n) is 9.40. The number of carbonyl (C=O) groups is 1. The van der Waals surface area contributed by atoms with Crippen LogP contribution in [0.15, 0.2) is 0 Å². The van der Waals surface area contributed by atoms with Gasteiger partial charge in [-0.05, 0) is 69.6 Å². The molecule has 2 bridgehead atoms. The SMILES string of the molecule is CC(C)(C)C(=O)OCCCCCC[C@H]1CC[C@H]2C[C@@H]1C2(C)C. The fourth-order valence-electron chi connectivity index (χ4n) is 4.55. The summed E-state index contributed by atoms with van der Waals surface area (Å²) in [6.07, 6.45) is 10.7. The average molecular weight is 309 g/mol. The number of esters is 1. The van der Waals surface area contributed by atoms with Gasteiger partial charge in [-0.25, -0.2) is 0 Å². The molecule has 0 saturated heterocycles. The van der Waals surface area contributed by atoms with Gasteiger partial charge >= 0.3 is 5.97 Å². The first-order chi connectivity index (χ1) is 10.2. The number of unbranched alkanes of at least 4 members (excludes halogenated alkanes) is 3. The molecule has 0 spiro atoms. The molecule has 22 heavy (non-hydrogen) atoms. The van der Waals surface area contributed by atoms with Crippen LogP contribution in [0.3, 0.4) is 0 Å². The van der Waals surface area contributed by atoms with Gasteiger partial charge in [0.05, 0.1) is 12.0 Å². The quantitative estimate of drug-likeness (QED) is 0.452. The van der Waals surface area contributed by atoms with Crippen molar-refractivity contribution >= 4 is 5.97 Å². The van der Waals surface area contributed by atoms with Gasteiger partial charge in [-0.15, -0.1) is 0 Å². The summed E-state index contributed by atoms with van der Waals surface area (Å²) in [5.41, 5.74) is 0.262. The Morgan fingerprint density at radius 3 is 2.36 bits per heavy atom. The predicted octanol–water partition coefficient (Wildman–Crippen LogP) is 5.60. The first kappa shape index (κ1) is 17.8. The Morgan fingerprint density at radius 2 is 1.77 bits per heavy atom. The number of hydrogen-bond donors (Lipinski definition) is 0. The molecule has 0 aromatic rings. The van der Waals surface area contributed by atoms with E-state index in [4.69, 9.17) is 4.74 Å². The van der Waals surface area contributed by atoms with Crippen molar-refractivity contribution in [2.75, 3.05) is 6.61 Å². The molecule has 2 heteroatoms. The highest BCUT2D eigenvalue weighted by atomic mass is 16.5. The van der Waals surface area contributed by atoms with Gasteiger partial charge in [0.1, 0.15) is 0 Å². The van der Waals surface area contributed by atoms with Crippen LogP contribution >= 0.6 is 0 Å². The average Bonchev–Trinajstić information content (AvgIpc) is 2.44. The van der Waals surface area contributed by atoms with Gasteiger partial charge in [-0.3, -0.25) is 4.79 Å². The van der Waals surface area contributed by atoms with E-state index in [0.29, 0.717) is 12.0 Å². The Kier molecular flexibility index (Phi) is 5.61. The topological polar surface area (TPSA) is 26.3 Å². The third-order valence-electron chi connectivity index (χ3n) is 6.32. The van der Waals surface area contributed by atoms with Gasteiger partial charge in [0.2, 0.25) is 0 Å². The Bertz CT molecular complexity index is 376. The van der Waals surface area contributed by atoms with Crippen molar-refractivity contribution in [2.45, 2.75) is 86.0 Å². The standard InChI is InChI=1S/C20H36O2/c1-19(2,3)18(21)22-13-9-7-6-8-10-15-11-12-16-14-17(15)20(16,4)5/h15-17H,6-14H2,1-5H3/t15-,16-,17-/m0/s1. The smallest absolute Gasteiger partial charge is 0.311 e. The Morgan fingerprint density at radius 1 is 1.09 bits per heavy atom. The third kappa shape index (κ3) is 4.06. The van der Waals surface area contributed by atoms with Crippen molar-refractivity contribution in [2.24, 2.45) is 28.6 Å². The second-order valence-corrected chi connectivity index (χ2v) is 9.29. The summed E-state index contributed by atoms with van der Waals surface area (Å²) in [7, 11) is 0. The van der Waals surface area contributed by atoms with E-state index in [9.17, 15) is 4.79 Å². The molecule has 2 nitrogen and oxygen atoms in total. The molecule has 0 aromatic carbocycles. The van der Waals surface area contributed by atoms with Gasteiger partial charge in [-0.1, -0.05) is 39.5 Å². The summed E-state index contributed by atoms with van der Waals surface area (Å²) in [6, 6.07) is 0. The maximum atomic E-state index is 11.6. The molecule has 128 valence electrons. The van der Waals surface area contributed by atoms with Crippen LogP contribution in [0.25, 0.3) is 0 Å². The van der Waals surface area contributed by atoms with E-state index >= 15 is 0 Å². The van der Waals surface area contributed by atoms with Crippen LogP contribution in [0.1, 0.15) is 86.0 Å². The summed E-state index contributed by atoms with van der Waals surface area (Å²) in [5.74, 6) is 2.93. The van der Waals surface area contributed by atoms with E-state index in [1.54, 1.807) is 0 Å². The molecule has 0 aliphatic heterocycles. The summed E-state index contributed by atoms with van der Waals surface area (Å²) >= 11 is 0. The van der Waals surface area contributed by atoms with Crippen LogP contribution in [0, 0.1) is 28.6 Å². The van der Waals surface area contributed by atoms with Crippen molar-refractivity contribution in [3.63, 3.8) is 0 Å². The zero-order valence-corrected chi connectivity index (χ0v) is 15.4. The van der Waals surface area contributed by atoms with Gasteiger partial charge in [0, 0.05) is 0 Å². The van der Waals surface area contributed by atoms with E-state index in [1.807, 2.05) is 20.8 Å². The summed E-state index contributed by atoms with van der Waals surface area (Å²) in [6.45, 7) is 11.3. The van der Waals surface area contributed by atoms with Gasteiger partial charge in [0.15, 0.2) is 0 Å². The lowest BCUT2D eigenvalue weighted by molar-refractivity contribution is -0.153. The van der Waals surface area contributed by atoms with E-state index < -0.39 is 0 Å². The Balaban J connectivity index is 1.51. The number of rotatable bonds is 7. The molecular weight excluding hydrogens is 272 g/mol. The maximum absolute atomic E-state index is 11.6. The highest BCUT2D eigenvalue weighted by Crippen LogP contribution is 2.62. The number of fused-ring (bicyclic) bond motifs is 2. The Hall–Kier alpha value is -0.530. The molecule has 0 N–H and O–H groups in total. The lowest BCUT2D eigenvalue weighted by Gasteiger charge is -2.60. The first-order valence-corrected chi connectivity index (χ1v) is 9.40. The van der Waals surface area contributed by atoms with Gasteiger partial charge in [0.25, 0.3) is 0 Å². The number of carbonyl (C=O) groups excluding carboxylic acids is 1. The zero-order chi connectivity index (χ0) is 16.4. The highest BCUT2D eigenvalue weighted by molar-refractivity contribution is 5.75. The summed E-state index contributed by atoms with van der Waals surface area (Å²) in [4.78, 5) is 11.6. The second kappa shape index (κ2) is 6.93. The van der Waals surface area contributed by atoms with Crippen LogP contribution in [0.5, 0.6) is 0 Å². The lowest BCUT2D eigenvalue weighted by atomic mass is 9.45. The normalized spacial score (nSPS) is 29.8. The van der Waals surface area contributed by atoms with Gasteiger partial charge < -0.3 is 4.74 Å². The van der Waals surface area contributed by atoms with Crippen molar-refractivity contribution < 1.29 is 9.53 Å². The minimum atomic E-state index is -0.367. The molecule has 0 unspecified atom stereocenters. The molecular formula is C20H36O2. The van der Waals surface area contributed by atoms with Crippen molar-refractivity contribution in [3.05, 3.63) is 0 Å². The molecule has 0 amide bonds. The molecule has 3 atom stereocenters. The fourth-order valence-corrected chi connectivity index (χ4v) is 4.55. The van der Waals surface area contributed by atoms with Crippen LogP contribution < -0.4 is 0 Å². The van der Waals surface area contributed by atoms with E-state index in [-0.39, 0.29) is 11.4 Å². The largest absolute Gasteiger partial charge is 0.465 e. The number of ether oxygens (including phenoxy) is 1. The molecule has 3 fully saturated rings. The minimum absolute atomic E-state index is 0.0727. The predicted molar refractivity (Wildman–Crippen MR) is 91.6 cm³/mol. The molecule has 3 aliphatic carbocycles. The van der Waals surface area contributed by atoms with E-state index in [0.717, 1.165) is 24.2 Å². The highest BCUT2D eigenvalue weighted by Gasteiger charge is 2.53. The van der Waals surface area contributed by atoms with Crippen LogP contribution in [-0.2, 0) is 9.53 Å². The minimum Gasteiger partial charge on any atom is -0.465 e. The van der Waals surface area contributed by atoms with E-state index in [1.165, 1.54) is 44.9 Å². The molecule has 0 heterocycles. The molecule has 0 radical (unpaired) electrons. The molecule has 3 saturated carbocycles. The lowest BCUT2D eigenvalue weighted by Crippen LogP contribution is -2.52. The second-order valence-electron chi connectivity index (χ2n) is 9.29. The fraction of sp³-hybridized carbons (Fsp3) is 0.950. The zero-order valence-electron chi connectivity index (χ0n) is 15.4. The van der Waals surface area contributed by atoms with Crippen molar-refractivity contribution in [3.8, 4) is 0 Å². The molecule has 3 rings (SSSR count). The third-order valence-corrected chi connectivity index (χ3v) is 6.32. The molecule has 3 aliphatic rings. The van der Waals surface area contributed by atoms with Crippen LogP contribution in [0.4, 0.5) is 0 Å². The summed E-state index contributed by atoms with van der Waals surface area (Å²) < 4.78 is 5.31. The molecule has 0 aromatic heterocycles. The van der Waals surface area contributed by atoms with E-state index in [2.05, 4.69) is 13.8 Å². The monoisotopic (exact) mass is 308 g/mol. The van der Waals surface area contributed by atoms with Crippen LogP contribution in [0.2, 0.25) is 0 Å². The van der Waals surface area contributed by atoms with Crippen molar-refractivity contribution in [1.29, 1.82) is 0 Å². The van der Waals surface area contributed by atoms with Crippen molar-refractivity contribution in [1.82, 2.24) is 0 Å². The van der Waals surface area contributed by atoms with Crippen LogP contribution in [-0.4, -0.2) is 12.6 Å². The number of hydrogen-bond acceptors (Lipinski definition) is 2.